The van der Waals surface area contributed by atoms with E-state index in [1.165, 1.54) is 0 Å². The maximum Gasteiger partial charge on any atom is 0.167 e. The lowest BCUT2D eigenvalue weighted by atomic mass is 10.0. The normalized spacial score (nSPS) is 23.0. The van der Waals surface area contributed by atoms with Gasteiger partial charge in [0.05, 0.1) is 18.8 Å². The van der Waals surface area contributed by atoms with Gasteiger partial charge in [0, 0.05) is 7.05 Å². The lowest BCUT2D eigenvalue weighted by Crippen LogP contribution is -2.18. The molecule has 0 saturated carbocycles. The molecule has 0 radical (unpaired) electrons. The molecule has 108 valence electrons. The minimum absolute atomic E-state index is 0.00311. The predicted molar refractivity (Wildman–Crippen MR) is 75.0 cm³/mol. The third kappa shape index (κ3) is 2.24. The van der Waals surface area contributed by atoms with Crippen LogP contribution in [0.15, 0.2) is 12.7 Å². The zero-order valence-electron chi connectivity index (χ0n) is 12.2. The van der Waals surface area contributed by atoms with Gasteiger partial charge in [-0.3, -0.25) is 9.98 Å². The van der Waals surface area contributed by atoms with Crippen molar-refractivity contribution in [1.82, 2.24) is 19.1 Å². The molecule has 1 aliphatic rings. The van der Waals surface area contributed by atoms with E-state index in [0.29, 0.717) is 23.0 Å². The fourth-order valence-corrected chi connectivity index (χ4v) is 2.82. The molecule has 6 heteroatoms. The van der Waals surface area contributed by atoms with Crippen molar-refractivity contribution in [3.8, 4) is 0 Å². The summed E-state index contributed by atoms with van der Waals surface area (Å²) in [6, 6.07) is 0. The molecule has 0 spiro atoms. The maximum atomic E-state index is 8.01. The van der Waals surface area contributed by atoms with Gasteiger partial charge in [0.25, 0.3) is 0 Å². The molecule has 1 N–H and O–H groups in total. The first-order valence-electron chi connectivity index (χ1n) is 7.14. The van der Waals surface area contributed by atoms with E-state index in [2.05, 4.69) is 23.8 Å². The summed E-state index contributed by atoms with van der Waals surface area (Å²) in [5.41, 5.74) is 1.75. The summed E-state index contributed by atoms with van der Waals surface area (Å²) >= 11 is 0. The fourth-order valence-electron chi connectivity index (χ4n) is 2.82. The highest BCUT2D eigenvalue weighted by molar-refractivity contribution is 5.68. The van der Waals surface area contributed by atoms with Crippen LogP contribution in [-0.2, 0) is 11.8 Å². The topological polar surface area (TPSA) is 68.7 Å². The largest absolute Gasteiger partial charge is 0.355 e. The van der Waals surface area contributed by atoms with Crippen molar-refractivity contribution >= 4 is 11.2 Å². The maximum absolute atomic E-state index is 8.01. The van der Waals surface area contributed by atoms with Crippen molar-refractivity contribution in [3.05, 3.63) is 18.1 Å². The van der Waals surface area contributed by atoms with Gasteiger partial charge in [-0.2, -0.15) is 0 Å². The Morgan fingerprint density at radius 3 is 2.90 bits per heavy atom. The first-order valence-corrected chi connectivity index (χ1v) is 7.14. The Hall–Kier alpha value is -1.69. The third-order valence-electron chi connectivity index (χ3n) is 3.83. The summed E-state index contributed by atoms with van der Waals surface area (Å²) in [4.78, 5) is 8.72. The van der Waals surface area contributed by atoms with E-state index >= 15 is 0 Å². The van der Waals surface area contributed by atoms with Crippen molar-refractivity contribution in [2.45, 2.75) is 45.4 Å². The number of nitrogens with one attached hydrogen (secondary N) is 1. The van der Waals surface area contributed by atoms with Gasteiger partial charge in [0.1, 0.15) is 11.7 Å². The van der Waals surface area contributed by atoms with Gasteiger partial charge >= 0.3 is 0 Å². The van der Waals surface area contributed by atoms with Gasteiger partial charge in [-0.15, -0.1) is 0 Å². The van der Waals surface area contributed by atoms with Crippen LogP contribution in [0.2, 0.25) is 0 Å². The summed E-state index contributed by atoms with van der Waals surface area (Å²) in [6.07, 6.45) is 6.89. The summed E-state index contributed by atoms with van der Waals surface area (Å²) in [5.74, 6) is 0.648. The highest BCUT2D eigenvalue weighted by atomic mass is 16.5. The van der Waals surface area contributed by atoms with E-state index in [1.807, 2.05) is 4.57 Å². The summed E-state index contributed by atoms with van der Waals surface area (Å²) in [6.45, 7) is 4.44. The van der Waals surface area contributed by atoms with Gasteiger partial charge in [0.15, 0.2) is 11.1 Å². The molecule has 2 aromatic rings. The zero-order valence-corrected chi connectivity index (χ0v) is 12.2. The number of hydrogen-bond donors (Lipinski definition) is 1. The van der Waals surface area contributed by atoms with Gasteiger partial charge in [-0.25, -0.2) is 9.97 Å². The SMILES string of the molecule is CC(C)C[C@@H]1CCC(n2cnc3c(=N)n(C)cnc32)O1. The van der Waals surface area contributed by atoms with E-state index < -0.39 is 0 Å². The van der Waals surface area contributed by atoms with Gasteiger partial charge in [0.2, 0.25) is 0 Å². The van der Waals surface area contributed by atoms with Gasteiger partial charge in [-0.1, -0.05) is 13.8 Å². The molecule has 6 nitrogen and oxygen atoms in total. The van der Waals surface area contributed by atoms with Crippen LogP contribution in [0.5, 0.6) is 0 Å². The molecule has 20 heavy (non-hydrogen) atoms. The molecular weight excluding hydrogens is 254 g/mol. The van der Waals surface area contributed by atoms with Crippen molar-refractivity contribution < 1.29 is 4.74 Å². The first kappa shape index (κ1) is 13.3. The number of nitrogens with zero attached hydrogens (tertiary/aromatic N) is 4. The Morgan fingerprint density at radius 1 is 1.35 bits per heavy atom. The second-order valence-corrected chi connectivity index (χ2v) is 5.95. The molecule has 1 unspecified atom stereocenters. The van der Waals surface area contributed by atoms with E-state index in [1.54, 1.807) is 24.3 Å². The number of fused-ring (bicyclic) bond motifs is 1. The molecular formula is C14H21N5O. The minimum atomic E-state index is 0.00311. The number of aryl methyl sites for hydroxylation is 1. The van der Waals surface area contributed by atoms with Crippen molar-refractivity contribution in [2.24, 2.45) is 13.0 Å². The number of imidazole rings is 1. The second kappa shape index (κ2) is 5.01. The quantitative estimate of drug-likeness (QED) is 0.931. The first-order chi connectivity index (χ1) is 9.56. The highest BCUT2D eigenvalue weighted by Crippen LogP contribution is 2.32. The van der Waals surface area contributed by atoms with E-state index in [4.69, 9.17) is 10.1 Å². The number of aromatic nitrogens is 4. The van der Waals surface area contributed by atoms with E-state index in [-0.39, 0.29) is 6.23 Å². The zero-order chi connectivity index (χ0) is 14.3. The molecule has 1 aliphatic heterocycles. The lowest BCUT2D eigenvalue weighted by Gasteiger charge is -2.16. The van der Waals surface area contributed by atoms with E-state index in [9.17, 15) is 0 Å². The Bertz CT molecular complexity index is 672. The Balaban J connectivity index is 1.89. The van der Waals surface area contributed by atoms with Crippen LogP contribution < -0.4 is 5.49 Å². The monoisotopic (exact) mass is 275 g/mol. The molecule has 0 amide bonds. The van der Waals surface area contributed by atoms with Crippen LogP contribution in [0.4, 0.5) is 0 Å². The average Bonchev–Trinajstić information content (AvgIpc) is 2.99. The number of ether oxygens (including phenoxy) is 1. The number of hydrogen-bond acceptors (Lipinski definition) is 4. The molecule has 3 heterocycles. The van der Waals surface area contributed by atoms with Crippen molar-refractivity contribution in [2.75, 3.05) is 0 Å². The Labute approximate surface area is 117 Å². The predicted octanol–water partition coefficient (Wildman–Crippen LogP) is 1.97. The van der Waals surface area contributed by atoms with Gasteiger partial charge < -0.3 is 9.30 Å². The molecule has 1 saturated heterocycles. The Morgan fingerprint density at radius 2 is 2.15 bits per heavy atom. The van der Waals surface area contributed by atoms with Crippen LogP contribution in [-0.4, -0.2) is 25.2 Å². The summed E-state index contributed by atoms with van der Waals surface area (Å²) < 4.78 is 9.74. The molecule has 3 rings (SSSR count). The fraction of sp³-hybridized carbons (Fsp3) is 0.643. The van der Waals surface area contributed by atoms with E-state index in [0.717, 1.165) is 24.9 Å². The molecule has 0 bridgehead atoms. The lowest BCUT2D eigenvalue weighted by molar-refractivity contribution is -0.00444. The van der Waals surface area contributed by atoms with Crippen LogP contribution in [0.1, 0.15) is 39.3 Å². The third-order valence-corrected chi connectivity index (χ3v) is 3.83. The summed E-state index contributed by atoms with van der Waals surface area (Å²) in [7, 11) is 1.80. The minimum Gasteiger partial charge on any atom is -0.355 e. The second-order valence-electron chi connectivity index (χ2n) is 5.95. The summed E-state index contributed by atoms with van der Waals surface area (Å²) in [5, 5.41) is 8.01. The average molecular weight is 275 g/mol. The smallest absolute Gasteiger partial charge is 0.167 e. The molecule has 0 aromatic carbocycles. The van der Waals surface area contributed by atoms with Crippen LogP contribution >= 0.6 is 0 Å². The molecule has 1 fully saturated rings. The van der Waals surface area contributed by atoms with Crippen molar-refractivity contribution in [1.29, 1.82) is 5.41 Å². The molecule has 2 atom stereocenters. The van der Waals surface area contributed by atoms with Crippen LogP contribution in [0.3, 0.4) is 0 Å². The standard InChI is InChI=1S/C14H21N5O/c1-9(2)6-10-4-5-11(20-10)19-8-16-12-13(15)18(3)7-17-14(12)19/h7-11,15H,4-6H2,1-3H3/t10-,11?/m0/s1. The highest BCUT2D eigenvalue weighted by Gasteiger charge is 2.28. The van der Waals surface area contributed by atoms with Gasteiger partial charge in [-0.05, 0) is 25.2 Å². The number of rotatable bonds is 3. The van der Waals surface area contributed by atoms with Crippen LogP contribution in [0.25, 0.3) is 11.2 Å². The molecule has 2 aromatic heterocycles. The Kier molecular flexibility index (Phi) is 3.33. The molecule has 0 aliphatic carbocycles. The van der Waals surface area contributed by atoms with Crippen molar-refractivity contribution in [3.63, 3.8) is 0 Å². The van der Waals surface area contributed by atoms with Crippen LogP contribution in [0, 0.1) is 11.3 Å².